The van der Waals surface area contributed by atoms with Gasteiger partial charge in [-0.05, 0) is 42.7 Å². The van der Waals surface area contributed by atoms with Crippen molar-refractivity contribution in [2.45, 2.75) is 19.3 Å². The summed E-state index contributed by atoms with van der Waals surface area (Å²) in [5.41, 5.74) is 4.03. The molecule has 0 unspecified atom stereocenters. The molecule has 0 atom stereocenters. The highest BCUT2D eigenvalue weighted by Crippen LogP contribution is 2.20. The Bertz CT molecular complexity index is 912. The molecule has 25 heavy (non-hydrogen) atoms. The number of nitrogens with zero attached hydrogens (tertiary/aromatic N) is 3. The van der Waals surface area contributed by atoms with E-state index in [-0.39, 0.29) is 0 Å². The van der Waals surface area contributed by atoms with Crippen molar-refractivity contribution in [3.05, 3.63) is 78.4 Å². The third-order valence-corrected chi connectivity index (χ3v) is 4.06. The molecule has 3 heterocycles. The fraction of sp³-hybridized carbons (Fsp3) is 0.150. The molecule has 1 aromatic carbocycles. The summed E-state index contributed by atoms with van der Waals surface area (Å²) < 4.78 is 5.38. The van der Waals surface area contributed by atoms with Gasteiger partial charge in [0, 0.05) is 18.8 Å². The third-order valence-electron chi connectivity index (χ3n) is 4.06. The van der Waals surface area contributed by atoms with E-state index < -0.39 is 0 Å². The van der Waals surface area contributed by atoms with Crippen molar-refractivity contribution < 1.29 is 4.52 Å². The first kappa shape index (κ1) is 15.3. The standard InChI is InChI=1S/C20H18N4O/c1-2-6-15(7-3-1)8-4-10-19-23-20(25-24-19)16-11-12-18(22-14-16)17-9-5-13-21-17/h1-3,5-7,9,11-14,21H,4,8,10H2. The number of aryl methyl sites for hydroxylation is 2. The quantitative estimate of drug-likeness (QED) is 0.572. The average Bonchev–Trinajstić information content (AvgIpc) is 3.35. The number of H-pyrrole nitrogens is 1. The summed E-state index contributed by atoms with van der Waals surface area (Å²) in [7, 11) is 0. The van der Waals surface area contributed by atoms with Gasteiger partial charge in [0.1, 0.15) is 0 Å². The molecule has 5 nitrogen and oxygen atoms in total. The number of hydrogen-bond donors (Lipinski definition) is 1. The Hall–Kier alpha value is -3.21. The highest BCUT2D eigenvalue weighted by atomic mass is 16.5. The molecule has 1 N–H and O–H groups in total. The molecule has 0 saturated carbocycles. The molecule has 0 aliphatic carbocycles. The predicted octanol–water partition coefficient (Wildman–Crippen LogP) is 4.30. The Labute approximate surface area is 145 Å². The van der Waals surface area contributed by atoms with Gasteiger partial charge in [-0.3, -0.25) is 4.98 Å². The first-order valence-corrected chi connectivity index (χ1v) is 8.35. The van der Waals surface area contributed by atoms with Crippen molar-refractivity contribution in [3.8, 4) is 22.8 Å². The van der Waals surface area contributed by atoms with Crippen LogP contribution in [0.1, 0.15) is 17.8 Å². The number of aromatic amines is 1. The van der Waals surface area contributed by atoms with Crippen LogP contribution in [0.2, 0.25) is 0 Å². The van der Waals surface area contributed by atoms with Crippen LogP contribution < -0.4 is 0 Å². The lowest BCUT2D eigenvalue weighted by Crippen LogP contribution is -1.92. The highest BCUT2D eigenvalue weighted by Gasteiger charge is 2.10. The third kappa shape index (κ3) is 3.66. The molecule has 0 radical (unpaired) electrons. The second-order valence-electron chi connectivity index (χ2n) is 5.87. The fourth-order valence-electron chi connectivity index (χ4n) is 2.74. The van der Waals surface area contributed by atoms with Crippen molar-refractivity contribution >= 4 is 0 Å². The summed E-state index contributed by atoms with van der Waals surface area (Å²) >= 11 is 0. The van der Waals surface area contributed by atoms with E-state index in [9.17, 15) is 0 Å². The van der Waals surface area contributed by atoms with Gasteiger partial charge in [0.05, 0.1) is 17.0 Å². The van der Waals surface area contributed by atoms with E-state index in [2.05, 4.69) is 44.4 Å². The topological polar surface area (TPSA) is 67.6 Å². The molecule has 4 rings (SSSR count). The van der Waals surface area contributed by atoms with Gasteiger partial charge in [0.2, 0.25) is 0 Å². The van der Waals surface area contributed by atoms with Crippen molar-refractivity contribution in [2.24, 2.45) is 0 Å². The molecule has 0 spiro atoms. The summed E-state index contributed by atoms with van der Waals surface area (Å²) in [6.45, 7) is 0. The first-order chi connectivity index (χ1) is 12.4. The van der Waals surface area contributed by atoms with E-state index in [1.54, 1.807) is 6.20 Å². The normalized spacial score (nSPS) is 10.9. The van der Waals surface area contributed by atoms with Crippen molar-refractivity contribution in [3.63, 3.8) is 0 Å². The largest absolute Gasteiger partial charge is 0.360 e. The van der Waals surface area contributed by atoms with E-state index >= 15 is 0 Å². The van der Waals surface area contributed by atoms with Crippen LogP contribution >= 0.6 is 0 Å². The van der Waals surface area contributed by atoms with Crippen LogP contribution in [0.3, 0.4) is 0 Å². The maximum Gasteiger partial charge on any atom is 0.259 e. The zero-order chi connectivity index (χ0) is 16.9. The SMILES string of the molecule is c1ccc(CCCc2noc(-c3ccc(-c4ccc[nH]4)nc3)n2)cc1. The fourth-order valence-corrected chi connectivity index (χ4v) is 2.74. The number of pyridine rings is 1. The van der Waals surface area contributed by atoms with Crippen LogP contribution in [-0.4, -0.2) is 20.1 Å². The van der Waals surface area contributed by atoms with E-state index in [1.165, 1.54) is 5.56 Å². The summed E-state index contributed by atoms with van der Waals surface area (Å²) in [4.78, 5) is 12.1. The minimum atomic E-state index is 0.514. The maximum absolute atomic E-state index is 5.38. The Balaban J connectivity index is 1.39. The average molecular weight is 330 g/mol. The Morgan fingerprint density at radius 2 is 1.84 bits per heavy atom. The van der Waals surface area contributed by atoms with Crippen molar-refractivity contribution in [2.75, 3.05) is 0 Å². The molecule has 3 aromatic heterocycles. The lowest BCUT2D eigenvalue weighted by Gasteiger charge is -1.98. The molecule has 0 bridgehead atoms. The van der Waals surface area contributed by atoms with Gasteiger partial charge >= 0.3 is 0 Å². The number of nitrogens with one attached hydrogen (secondary N) is 1. The molecule has 0 amide bonds. The summed E-state index contributed by atoms with van der Waals surface area (Å²) in [5.74, 6) is 1.25. The molecule has 124 valence electrons. The summed E-state index contributed by atoms with van der Waals surface area (Å²) in [6, 6.07) is 18.3. The van der Waals surface area contributed by atoms with Crippen LogP contribution in [0.4, 0.5) is 0 Å². The lowest BCUT2D eigenvalue weighted by molar-refractivity contribution is 0.421. The van der Waals surface area contributed by atoms with Crippen LogP contribution in [0.25, 0.3) is 22.8 Å². The van der Waals surface area contributed by atoms with Crippen molar-refractivity contribution in [1.82, 2.24) is 20.1 Å². The minimum Gasteiger partial charge on any atom is -0.360 e. The Morgan fingerprint density at radius 1 is 0.920 bits per heavy atom. The van der Waals surface area contributed by atoms with Gasteiger partial charge in [-0.2, -0.15) is 4.98 Å². The second-order valence-corrected chi connectivity index (χ2v) is 5.87. The number of aromatic nitrogens is 4. The lowest BCUT2D eigenvalue weighted by atomic mass is 10.1. The van der Waals surface area contributed by atoms with Gasteiger partial charge in [0.15, 0.2) is 5.82 Å². The van der Waals surface area contributed by atoms with E-state index in [4.69, 9.17) is 4.52 Å². The molecular formula is C20H18N4O. The second kappa shape index (κ2) is 7.13. The van der Waals surface area contributed by atoms with Crippen LogP contribution in [-0.2, 0) is 12.8 Å². The van der Waals surface area contributed by atoms with Gasteiger partial charge < -0.3 is 9.51 Å². The summed E-state index contributed by atoms with van der Waals surface area (Å²) in [6.07, 6.45) is 6.44. The molecule has 5 heteroatoms. The zero-order valence-corrected chi connectivity index (χ0v) is 13.7. The van der Waals surface area contributed by atoms with Gasteiger partial charge in [-0.1, -0.05) is 35.5 Å². The first-order valence-electron chi connectivity index (χ1n) is 8.35. The number of rotatable bonds is 6. The van der Waals surface area contributed by atoms with Gasteiger partial charge in [-0.25, -0.2) is 0 Å². The molecule has 0 saturated heterocycles. The van der Waals surface area contributed by atoms with Crippen molar-refractivity contribution in [1.29, 1.82) is 0 Å². The summed E-state index contributed by atoms with van der Waals surface area (Å²) in [5, 5.41) is 4.08. The van der Waals surface area contributed by atoms with Gasteiger partial charge in [-0.15, -0.1) is 0 Å². The van der Waals surface area contributed by atoms with E-state index in [0.717, 1.165) is 42.0 Å². The Morgan fingerprint density at radius 3 is 2.60 bits per heavy atom. The van der Waals surface area contributed by atoms with E-state index in [1.807, 2.05) is 36.5 Å². The van der Waals surface area contributed by atoms with Crippen LogP contribution in [0.5, 0.6) is 0 Å². The van der Waals surface area contributed by atoms with Crippen LogP contribution in [0.15, 0.2) is 71.5 Å². The molecule has 0 aliphatic heterocycles. The minimum absolute atomic E-state index is 0.514. The van der Waals surface area contributed by atoms with Crippen LogP contribution in [0, 0.1) is 0 Å². The highest BCUT2D eigenvalue weighted by molar-refractivity contribution is 5.59. The molecule has 0 aliphatic rings. The smallest absolute Gasteiger partial charge is 0.259 e. The van der Waals surface area contributed by atoms with Gasteiger partial charge in [0.25, 0.3) is 5.89 Å². The van der Waals surface area contributed by atoms with E-state index in [0.29, 0.717) is 5.89 Å². The number of hydrogen-bond acceptors (Lipinski definition) is 4. The predicted molar refractivity (Wildman–Crippen MR) is 95.8 cm³/mol. The Kier molecular flexibility index (Phi) is 4.37. The zero-order valence-electron chi connectivity index (χ0n) is 13.7. The number of benzene rings is 1. The molecular weight excluding hydrogens is 312 g/mol. The molecule has 0 fully saturated rings. The monoisotopic (exact) mass is 330 g/mol. The maximum atomic E-state index is 5.38. The molecule has 4 aromatic rings.